The molecule has 10 nitrogen and oxygen atoms in total. The van der Waals surface area contributed by atoms with E-state index >= 15 is 0 Å². The summed E-state index contributed by atoms with van der Waals surface area (Å²) in [4.78, 5) is 36.3. The molecular weight excluding hydrogens is 419 g/mol. The topological polar surface area (TPSA) is 145 Å². The first kappa shape index (κ1) is 20.6. The predicted molar refractivity (Wildman–Crippen MR) is 94.5 cm³/mol. The fraction of sp³-hybridized carbons (Fsp3) is 0.267. The van der Waals surface area contributed by atoms with Crippen molar-refractivity contribution >= 4 is 27.4 Å². The van der Waals surface area contributed by atoms with Gasteiger partial charge in [-0.3, -0.25) is 18.7 Å². The highest BCUT2D eigenvalue weighted by Gasteiger charge is 2.69. The highest BCUT2D eigenvalue weighted by atomic mass is 32.2. The third-order valence-corrected chi connectivity index (χ3v) is 5.98. The van der Waals surface area contributed by atoms with Gasteiger partial charge >= 0.3 is 11.9 Å². The summed E-state index contributed by atoms with van der Waals surface area (Å²) in [6, 6.07) is 4.16. The van der Waals surface area contributed by atoms with Crippen LogP contribution in [0.1, 0.15) is 5.56 Å². The van der Waals surface area contributed by atoms with Gasteiger partial charge in [0.2, 0.25) is 15.6 Å². The van der Waals surface area contributed by atoms with Crippen molar-refractivity contribution in [2.45, 2.75) is 16.6 Å². The van der Waals surface area contributed by atoms with Gasteiger partial charge < -0.3 is 11.1 Å². The van der Waals surface area contributed by atoms with E-state index in [1.54, 1.807) is 5.32 Å². The zero-order valence-corrected chi connectivity index (χ0v) is 15.7. The third kappa shape index (κ3) is 2.82. The summed E-state index contributed by atoms with van der Waals surface area (Å²) in [6.45, 7) is 0. The van der Waals surface area contributed by atoms with E-state index in [9.17, 15) is 36.0 Å². The minimum Gasteiger partial charge on any atom is -0.399 e. The normalized spacial score (nSPS) is 19.1. The Bertz CT molecular complexity index is 1250. The predicted octanol–water partition coefficient (Wildman–Crippen LogP) is -0.646. The number of fused-ring (bicyclic) bond motifs is 1. The smallest absolute Gasteiger partial charge is 0.399 e. The molecule has 0 fully saturated rings. The molecule has 0 spiro atoms. The average Bonchev–Trinajstić information content (AvgIpc) is 2.91. The quantitative estimate of drug-likeness (QED) is 0.549. The maximum Gasteiger partial charge on any atom is 0.421 e. The highest BCUT2D eigenvalue weighted by molar-refractivity contribution is 7.89. The lowest BCUT2D eigenvalue weighted by Crippen LogP contribution is -2.62. The number of benzene rings is 1. The Hall–Kier alpha value is -3.13. The molecule has 3 rings (SSSR count). The van der Waals surface area contributed by atoms with Gasteiger partial charge in [0, 0.05) is 19.8 Å². The molecule has 0 bridgehead atoms. The van der Waals surface area contributed by atoms with Crippen molar-refractivity contribution in [2.24, 2.45) is 14.1 Å². The molecule has 0 aliphatic carbocycles. The number of rotatable bonds is 3. The number of carbonyl (C=O) groups is 1. The average molecular weight is 433 g/mol. The van der Waals surface area contributed by atoms with Crippen molar-refractivity contribution in [2.75, 3.05) is 11.1 Å². The summed E-state index contributed by atoms with van der Waals surface area (Å²) in [5, 5.41) is 1.80. The van der Waals surface area contributed by atoms with Crippen LogP contribution < -0.4 is 27.0 Å². The van der Waals surface area contributed by atoms with Crippen molar-refractivity contribution in [1.29, 1.82) is 0 Å². The van der Waals surface area contributed by atoms with E-state index in [4.69, 9.17) is 5.73 Å². The van der Waals surface area contributed by atoms with Crippen molar-refractivity contribution in [1.82, 2.24) is 13.9 Å². The highest BCUT2D eigenvalue weighted by Crippen LogP contribution is 2.45. The minimum absolute atomic E-state index is 0.155. The van der Waals surface area contributed by atoms with Gasteiger partial charge in [-0.25, -0.2) is 13.2 Å². The van der Waals surface area contributed by atoms with Gasteiger partial charge in [-0.15, -0.1) is 0 Å². The molecule has 1 aromatic carbocycles. The van der Waals surface area contributed by atoms with Gasteiger partial charge in [-0.2, -0.15) is 17.9 Å². The molecule has 2 aromatic rings. The van der Waals surface area contributed by atoms with E-state index in [0.29, 0.717) is 9.13 Å². The van der Waals surface area contributed by atoms with Crippen molar-refractivity contribution in [3.63, 3.8) is 0 Å². The first-order chi connectivity index (χ1) is 13.2. The SMILES string of the molecule is Cn1c2c(c(=O)n(C)c1=O)C(NS(=O)(=O)c1ccc(N)cc1)(C(F)(F)F)C(=O)N2. The number of nitrogens with zero attached hydrogens (tertiary/aromatic N) is 2. The second kappa shape index (κ2) is 6.18. The summed E-state index contributed by atoms with van der Waals surface area (Å²) < 4.78 is 70.0. The molecule has 0 radical (unpaired) electrons. The van der Waals surface area contributed by atoms with Gasteiger partial charge in [0.1, 0.15) is 5.82 Å². The first-order valence-electron chi connectivity index (χ1n) is 7.82. The van der Waals surface area contributed by atoms with E-state index in [0.717, 1.165) is 38.4 Å². The van der Waals surface area contributed by atoms with E-state index in [2.05, 4.69) is 0 Å². The fourth-order valence-corrected chi connectivity index (χ4v) is 4.30. The molecule has 0 saturated carbocycles. The van der Waals surface area contributed by atoms with E-state index in [1.807, 2.05) is 0 Å². The largest absolute Gasteiger partial charge is 0.421 e. The number of hydrogen-bond donors (Lipinski definition) is 3. The Morgan fingerprint density at radius 2 is 1.62 bits per heavy atom. The number of sulfonamides is 1. The second-order valence-corrected chi connectivity index (χ2v) is 7.99. The maximum atomic E-state index is 14.2. The van der Waals surface area contributed by atoms with Crippen LogP contribution in [0.5, 0.6) is 0 Å². The molecule has 1 amide bonds. The van der Waals surface area contributed by atoms with E-state index < -0.39 is 55.2 Å². The van der Waals surface area contributed by atoms with Crippen LogP contribution >= 0.6 is 0 Å². The van der Waals surface area contributed by atoms with E-state index in [-0.39, 0.29) is 5.69 Å². The number of aromatic nitrogens is 2. The summed E-state index contributed by atoms with van der Waals surface area (Å²) >= 11 is 0. The van der Waals surface area contributed by atoms with Crippen LogP contribution in [-0.2, 0) is 34.5 Å². The summed E-state index contributed by atoms with van der Waals surface area (Å²) in [5.74, 6) is -2.61. The standard InChI is InChI=1S/C15H14F3N5O5S/c1-22-10-9(11(24)23(2)13(22)26)14(12(25)20-10,15(16,17)18)21-29(27,28)8-5-3-7(19)4-6-8/h3-6,21H,19H2,1-2H3,(H,20,25). The molecule has 2 heterocycles. The number of alkyl halides is 3. The number of nitrogens with two attached hydrogens (primary N) is 1. The van der Waals surface area contributed by atoms with Gasteiger partial charge in [-0.1, -0.05) is 0 Å². The van der Waals surface area contributed by atoms with E-state index in [1.165, 1.54) is 4.72 Å². The number of hydrogen-bond acceptors (Lipinski definition) is 6. The number of halogens is 3. The first-order valence-corrected chi connectivity index (χ1v) is 9.30. The molecule has 0 saturated heterocycles. The third-order valence-electron chi connectivity index (χ3n) is 4.52. The number of anilines is 2. The fourth-order valence-electron chi connectivity index (χ4n) is 2.98. The van der Waals surface area contributed by atoms with Gasteiger partial charge in [-0.05, 0) is 24.3 Å². The Kier molecular flexibility index (Phi) is 4.39. The molecular formula is C15H14F3N5O5S. The lowest BCUT2D eigenvalue weighted by atomic mass is 9.93. The lowest BCUT2D eigenvalue weighted by Gasteiger charge is -2.30. The maximum absolute atomic E-state index is 14.2. The zero-order valence-electron chi connectivity index (χ0n) is 14.9. The number of nitrogens with one attached hydrogen (secondary N) is 2. The lowest BCUT2D eigenvalue weighted by molar-refractivity contribution is -0.194. The number of amides is 1. The molecule has 156 valence electrons. The van der Waals surface area contributed by atoms with Crippen LogP contribution in [0.15, 0.2) is 38.8 Å². The molecule has 14 heteroatoms. The van der Waals surface area contributed by atoms with Crippen molar-refractivity contribution in [3.8, 4) is 0 Å². The van der Waals surface area contributed by atoms with Gasteiger partial charge in [0.05, 0.1) is 10.5 Å². The van der Waals surface area contributed by atoms with Gasteiger partial charge in [0.25, 0.3) is 11.5 Å². The molecule has 1 aliphatic rings. The summed E-state index contributed by atoms with van der Waals surface area (Å²) in [5.41, 5.74) is -2.07. The van der Waals surface area contributed by atoms with Crippen LogP contribution in [0.2, 0.25) is 0 Å². The Balaban J connectivity index is 2.35. The minimum atomic E-state index is -5.56. The van der Waals surface area contributed by atoms with Crippen LogP contribution in [0, 0.1) is 0 Å². The molecule has 4 N–H and O–H groups in total. The Morgan fingerprint density at radius 1 is 1.07 bits per heavy atom. The van der Waals surface area contributed by atoms with Crippen molar-refractivity contribution < 1.29 is 26.4 Å². The second-order valence-electron chi connectivity index (χ2n) is 6.31. The van der Waals surface area contributed by atoms with Crippen LogP contribution in [0.4, 0.5) is 24.7 Å². The number of carbonyl (C=O) groups excluding carboxylic acids is 1. The summed E-state index contributed by atoms with van der Waals surface area (Å²) in [7, 11) is -3.02. The molecule has 1 atom stereocenters. The Morgan fingerprint density at radius 3 is 2.14 bits per heavy atom. The summed E-state index contributed by atoms with van der Waals surface area (Å²) in [6.07, 6.45) is -5.56. The van der Waals surface area contributed by atoms with Crippen LogP contribution in [-0.4, -0.2) is 29.6 Å². The molecule has 1 aromatic heterocycles. The Labute approximate surface area is 160 Å². The monoisotopic (exact) mass is 433 g/mol. The van der Waals surface area contributed by atoms with Crippen LogP contribution in [0.3, 0.4) is 0 Å². The molecule has 1 aliphatic heterocycles. The molecule has 29 heavy (non-hydrogen) atoms. The zero-order chi connectivity index (χ0) is 21.9. The van der Waals surface area contributed by atoms with Crippen molar-refractivity contribution in [3.05, 3.63) is 50.7 Å². The molecule has 1 unspecified atom stereocenters. The number of nitrogen functional groups attached to an aromatic ring is 1. The van der Waals surface area contributed by atoms with Crippen LogP contribution in [0.25, 0.3) is 0 Å². The van der Waals surface area contributed by atoms with Gasteiger partial charge in [0.15, 0.2) is 0 Å².